The largest absolute Gasteiger partial charge is 0.485 e. The molecule has 0 atom stereocenters. The highest BCUT2D eigenvalue weighted by Crippen LogP contribution is 2.28. The van der Waals surface area contributed by atoms with Crippen molar-refractivity contribution in [1.82, 2.24) is 9.97 Å². The molecule has 4 heterocycles. The molecule has 3 aromatic rings. The first kappa shape index (κ1) is 20.8. The molecular formula is C22H25N3O4S2. The van der Waals surface area contributed by atoms with Crippen molar-refractivity contribution in [2.24, 2.45) is 0 Å². The highest BCUT2D eigenvalue weighted by Gasteiger charge is 2.29. The number of thioether (sulfide) groups is 1. The van der Waals surface area contributed by atoms with Crippen LogP contribution in [0.4, 0.5) is 5.13 Å². The second-order valence-electron chi connectivity index (χ2n) is 7.92. The molecule has 0 amide bonds. The summed E-state index contributed by atoms with van der Waals surface area (Å²) in [6.45, 7) is 6.91. The molecule has 2 fully saturated rings. The first-order chi connectivity index (χ1) is 15.0. The Kier molecular flexibility index (Phi) is 5.92. The first-order valence-electron chi connectivity index (χ1n) is 10.4. The van der Waals surface area contributed by atoms with Gasteiger partial charge in [-0.2, -0.15) is 11.8 Å². The fraction of sp³-hybridized carbons (Fsp3) is 0.455. The molecule has 0 unspecified atom stereocenters. The van der Waals surface area contributed by atoms with Crippen LogP contribution in [-0.4, -0.2) is 59.7 Å². The number of thiazole rings is 1. The van der Waals surface area contributed by atoms with Crippen LogP contribution in [0.2, 0.25) is 0 Å². The van der Waals surface area contributed by atoms with E-state index in [1.165, 1.54) is 0 Å². The number of fused-ring (bicyclic) bond motifs is 1. The lowest BCUT2D eigenvalue weighted by molar-refractivity contribution is -0.268. The Balaban J connectivity index is 1.24. The van der Waals surface area contributed by atoms with Crippen molar-refractivity contribution in [3.63, 3.8) is 0 Å². The molecule has 0 aliphatic carbocycles. The number of benzene rings is 1. The van der Waals surface area contributed by atoms with Crippen LogP contribution in [0.1, 0.15) is 24.6 Å². The summed E-state index contributed by atoms with van der Waals surface area (Å²) in [7, 11) is 0. The van der Waals surface area contributed by atoms with E-state index in [0.29, 0.717) is 30.4 Å². The van der Waals surface area contributed by atoms with E-state index in [2.05, 4.69) is 14.9 Å². The van der Waals surface area contributed by atoms with Gasteiger partial charge in [0.15, 0.2) is 16.5 Å². The van der Waals surface area contributed by atoms with Gasteiger partial charge >= 0.3 is 0 Å². The number of rotatable bonds is 5. The average Bonchev–Trinajstić information content (AvgIpc) is 3.41. The highest BCUT2D eigenvalue weighted by molar-refractivity contribution is 7.99. The Morgan fingerprint density at radius 2 is 1.97 bits per heavy atom. The maximum atomic E-state index is 5.99. The SMILES string of the molecule is CC1(C)OCC(Oc2ccc3nc(/C=C/c4cnc(N5CCSCC5)s4)oc3c2)CO1. The molecule has 2 aliphatic rings. The first-order valence-corrected chi connectivity index (χ1v) is 12.3. The van der Waals surface area contributed by atoms with Crippen LogP contribution in [0, 0.1) is 0 Å². The number of hydrogen-bond donors (Lipinski definition) is 0. The predicted octanol–water partition coefficient (Wildman–Crippen LogP) is 4.54. The van der Waals surface area contributed by atoms with E-state index < -0.39 is 5.79 Å². The van der Waals surface area contributed by atoms with Gasteiger partial charge in [0.05, 0.1) is 13.2 Å². The Morgan fingerprint density at radius 3 is 2.77 bits per heavy atom. The van der Waals surface area contributed by atoms with Crippen LogP contribution < -0.4 is 9.64 Å². The second kappa shape index (κ2) is 8.82. The molecule has 5 rings (SSSR count). The van der Waals surface area contributed by atoms with Crippen LogP contribution in [0.3, 0.4) is 0 Å². The number of ether oxygens (including phenoxy) is 3. The summed E-state index contributed by atoms with van der Waals surface area (Å²) in [6.07, 6.45) is 5.64. The third kappa shape index (κ3) is 5.06. The minimum absolute atomic E-state index is 0.146. The van der Waals surface area contributed by atoms with Crippen molar-refractivity contribution in [3.05, 3.63) is 35.2 Å². The summed E-state index contributed by atoms with van der Waals surface area (Å²) in [6, 6.07) is 5.65. The topological polar surface area (TPSA) is 69.9 Å². The molecule has 9 heteroatoms. The molecule has 2 aliphatic heterocycles. The zero-order chi connectivity index (χ0) is 21.3. The molecule has 2 saturated heterocycles. The summed E-state index contributed by atoms with van der Waals surface area (Å²) in [5, 5.41) is 1.08. The van der Waals surface area contributed by atoms with Crippen molar-refractivity contribution in [2.75, 3.05) is 42.7 Å². The smallest absolute Gasteiger partial charge is 0.220 e. The molecule has 0 N–H and O–H groups in total. The molecule has 164 valence electrons. The maximum absolute atomic E-state index is 5.99. The highest BCUT2D eigenvalue weighted by atomic mass is 32.2. The third-order valence-corrected chi connectivity index (χ3v) is 7.06. The minimum Gasteiger partial charge on any atom is -0.485 e. The van der Waals surface area contributed by atoms with E-state index in [-0.39, 0.29) is 6.10 Å². The van der Waals surface area contributed by atoms with Crippen LogP contribution >= 0.6 is 23.1 Å². The van der Waals surface area contributed by atoms with Crippen molar-refractivity contribution in [3.8, 4) is 5.75 Å². The monoisotopic (exact) mass is 459 g/mol. The average molecular weight is 460 g/mol. The summed E-state index contributed by atoms with van der Waals surface area (Å²) in [5.41, 5.74) is 1.48. The lowest BCUT2D eigenvalue weighted by atomic mass is 10.3. The molecule has 7 nitrogen and oxygen atoms in total. The van der Waals surface area contributed by atoms with Gasteiger partial charge in [-0.25, -0.2) is 9.97 Å². The molecule has 31 heavy (non-hydrogen) atoms. The lowest BCUT2D eigenvalue weighted by Gasteiger charge is -2.34. The summed E-state index contributed by atoms with van der Waals surface area (Å²) >= 11 is 3.69. The van der Waals surface area contributed by atoms with Gasteiger partial charge in [0.25, 0.3) is 0 Å². The van der Waals surface area contributed by atoms with Crippen LogP contribution in [0.5, 0.6) is 5.75 Å². The van der Waals surface area contributed by atoms with Gasteiger partial charge in [0.2, 0.25) is 5.89 Å². The molecule has 1 aromatic carbocycles. The van der Waals surface area contributed by atoms with E-state index in [4.69, 9.17) is 18.6 Å². The molecule has 0 radical (unpaired) electrons. The van der Waals surface area contributed by atoms with Gasteiger partial charge in [0.1, 0.15) is 17.4 Å². The van der Waals surface area contributed by atoms with E-state index >= 15 is 0 Å². The van der Waals surface area contributed by atoms with Crippen LogP contribution in [0.15, 0.2) is 28.8 Å². The summed E-state index contributed by atoms with van der Waals surface area (Å²) < 4.78 is 23.2. The van der Waals surface area contributed by atoms with Crippen molar-refractivity contribution in [1.29, 1.82) is 0 Å². The lowest BCUT2D eigenvalue weighted by Crippen LogP contribution is -2.44. The van der Waals surface area contributed by atoms with Gasteiger partial charge in [-0.1, -0.05) is 11.3 Å². The van der Waals surface area contributed by atoms with Crippen LogP contribution in [0.25, 0.3) is 23.3 Å². The number of anilines is 1. The Hall–Kier alpha value is -2.07. The summed E-state index contributed by atoms with van der Waals surface area (Å²) in [5.74, 6) is 3.04. The van der Waals surface area contributed by atoms with E-state index in [1.807, 2.05) is 62.2 Å². The fourth-order valence-electron chi connectivity index (χ4n) is 3.41. The minimum atomic E-state index is -0.554. The normalized spacial score (nSPS) is 20.0. The number of hydrogen-bond acceptors (Lipinski definition) is 9. The van der Waals surface area contributed by atoms with Gasteiger partial charge in [0, 0.05) is 47.8 Å². The van der Waals surface area contributed by atoms with Crippen molar-refractivity contribution in [2.45, 2.75) is 25.7 Å². The third-order valence-electron chi connectivity index (χ3n) is 5.10. The number of nitrogens with zero attached hydrogens (tertiary/aromatic N) is 3. The van der Waals surface area contributed by atoms with E-state index in [9.17, 15) is 0 Å². The molecule has 0 bridgehead atoms. The zero-order valence-corrected chi connectivity index (χ0v) is 19.2. The quantitative estimate of drug-likeness (QED) is 0.551. The van der Waals surface area contributed by atoms with Crippen molar-refractivity contribution >= 4 is 51.5 Å². The molecule has 2 aromatic heterocycles. The number of oxazole rings is 1. The number of aromatic nitrogens is 2. The van der Waals surface area contributed by atoms with Crippen molar-refractivity contribution < 1.29 is 18.6 Å². The standard InChI is InChI=1S/C22H25N3O4S2/c1-22(2)26-13-16(14-27-22)28-15-3-5-18-19(11-15)29-20(24-18)6-4-17-12-23-21(31-17)25-7-9-30-10-8-25/h3-6,11-12,16H,7-10,13-14H2,1-2H3/b6-4+. The van der Waals surface area contributed by atoms with Gasteiger partial charge in [-0.15, -0.1) is 0 Å². The Labute approximate surface area is 189 Å². The second-order valence-corrected chi connectivity index (χ2v) is 10.2. The molecule has 0 saturated carbocycles. The van der Waals surface area contributed by atoms with E-state index in [1.54, 1.807) is 11.3 Å². The van der Waals surface area contributed by atoms with Crippen LogP contribution in [-0.2, 0) is 9.47 Å². The fourth-order valence-corrected chi connectivity index (χ4v) is 5.19. The maximum Gasteiger partial charge on any atom is 0.220 e. The predicted molar refractivity (Wildman–Crippen MR) is 125 cm³/mol. The molecule has 0 spiro atoms. The molecular weight excluding hydrogens is 434 g/mol. The van der Waals surface area contributed by atoms with E-state index in [0.717, 1.165) is 40.1 Å². The van der Waals surface area contributed by atoms with Gasteiger partial charge in [-0.05, 0) is 32.1 Å². The Bertz CT molecular complexity index is 1060. The van der Waals surface area contributed by atoms with Gasteiger partial charge in [-0.3, -0.25) is 0 Å². The summed E-state index contributed by atoms with van der Waals surface area (Å²) in [4.78, 5) is 12.5. The van der Waals surface area contributed by atoms with Gasteiger partial charge < -0.3 is 23.5 Å². The zero-order valence-electron chi connectivity index (χ0n) is 17.6. The Morgan fingerprint density at radius 1 is 1.16 bits per heavy atom.